The zero-order valence-electron chi connectivity index (χ0n) is 12.2. The fourth-order valence-electron chi connectivity index (χ4n) is 3.13. The molecular formula is C14H23N3OS. The highest BCUT2D eigenvalue weighted by atomic mass is 32.1. The number of ether oxygens (including phenoxy) is 1. The van der Waals surface area contributed by atoms with Gasteiger partial charge in [0.25, 0.3) is 5.19 Å². The lowest BCUT2D eigenvalue weighted by Gasteiger charge is -2.59. The van der Waals surface area contributed by atoms with Gasteiger partial charge >= 0.3 is 0 Å². The minimum Gasteiger partial charge on any atom is -0.473 e. The number of methoxy groups -OCH3 is 1. The minimum absolute atomic E-state index is 0.302. The molecule has 0 spiro atoms. The fraction of sp³-hybridized carbons (Fsp3) is 0.786. The zero-order valence-corrected chi connectivity index (χ0v) is 13.0. The number of aromatic nitrogens is 1. The largest absolute Gasteiger partial charge is 0.473 e. The van der Waals surface area contributed by atoms with Gasteiger partial charge in [-0.2, -0.15) is 0 Å². The number of nitrogens with zero attached hydrogens (tertiary/aromatic N) is 3. The Bertz CT molecular complexity index is 442. The van der Waals surface area contributed by atoms with Crippen LogP contribution in [0.3, 0.4) is 0 Å². The maximum Gasteiger partial charge on any atom is 0.273 e. The van der Waals surface area contributed by atoms with Gasteiger partial charge in [-0.15, -0.1) is 0 Å². The van der Waals surface area contributed by atoms with Crippen LogP contribution in [-0.4, -0.2) is 52.6 Å². The summed E-state index contributed by atoms with van der Waals surface area (Å²) in [5.74, 6) is 0. The molecule has 2 unspecified atom stereocenters. The van der Waals surface area contributed by atoms with E-state index in [-0.39, 0.29) is 0 Å². The van der Waals surface area contributed by atoms with Gasteiger partial charge in [0, 0.05) is 48.3 Å². The molecule has 0 aromatic carbocycles. The lowest BCUT2D eigenvalue weighted by molar-refractivity contribution is -0.0992. The quantitative estimate of drug-likeness (QED) is 0.849. The smallest absolute Gasteiger partial charge is 0.273 e. The Kier molecular flexibility index (Phi) is 3.31. The molecule has 2 aliphatic rings. The first kappa shape index (κ1) is 13.3. The van der Waals surface area contributed by atoms with Gasteiger partial charge in [0.2, 0.25) is 0 Å². The van der Waals surface area contributed by atoms with Crippen molar-refractivity contribution >= 4 is 11.3 Å². The highest BCUT2D eigenvalue weighted by molar-refractivity contribution is 7.13. The Morgan fingerprint density at radius 1 is 1.37 bits per heavy atom. The topological polar surface area (TPSA) is 28.6 Å². The molecule has 106 valence electrons. The van der Waals surface area contributed by atoms with Crippen LogP contribution in [0.4, 0.5) is 0 Å². The number of hydrogen-bond donors (Lipinski definition) is 0. The number of likely N-dealkylation sites (tertiary alicyclic amines) is 2. The third kappa shape index (κ3) is 2.51. The maximum atomic E-state index is 5.16. The van der Waals surface area contributed by atoms with Crippen molar-refractivity contribution in [3.05, 3.63) is 11.1 Å². The molecular weight excluding hydrogens is 258 g/mol. The monoisotopic (exact) mass is 281 g/mol. The Hall–Kier alpha value is -0.650. The Balaban J connectivity index is 1.61. The lowest BCUT2D eigenvalue weighted by atomic mass is 9.85. The van der Waals surface area contributed by atoms with Crippen molar-refractivity contribution in [2.75, 3.05) is 20.2 Å². The van der Waals surface area contributed by atoms with Gasteiger partial charge in [-0.1, -0.05) is 11.3 Å². The SMILES string of the molecule is COc1ncc(CN2C3CC2CN(C(C)(C)C)C3)s1. The fourth-order valence-corrected chi connectivity index (χ4v) is 3.86. The van der Waals surface area contributed by atoms with E-state index in [1.54, 1.807) is 18.4 Å². The summed E-state index contributed by atoms with van der Waals surface area (Å²) in [7, 11) is 1.68. The van der Waals surface area contributed by atoms with Crippen molar-refractivity contribution in [2.24, 2.45) is 0 Å². The number of rotatable bonds is 3. The van der Waals surface area contributed by atoms with Crippen LogP contribution in [0, 0.1) is 0 Å². The van der Waals surface area contributed by atoms with Crippen LogP contribution in [0.1, 0.15) is 32.1 Å². The number of fused-ring (bicyclic) bond motifs is 2. The van der Waals surface area contributed by atoms with E-state index in [9.17, 15) is 0 Å². The molecule has 3 heterocycles. The van der Waals surface area contributed by atoms with Gasteiger partial charge in [-0.05, 0) is 27.2 Å². The molecule has 2 atom stereocenters. The number of thiazole rings is 1. The molecule has 1 aromatic rings. The Labute approximate surface area is 119 Å². The molecule has 0 saturated carbocycles. The summed E-state index contributed by atoms with van der Waals surface area (Å²) in [6, 6.07) is 1.46. The highest BCUT2D eigenvalue weighted by Gasteiger charge is 2.46. The second-order valence-corrected chi connectivity index (χ2v) is 7.67. The summed E-state index contributed by atoms with van der Waals surface area (Å²) in [6.07, 6.45) is 3.32. The molecule has 1 aromatic heterocycles. The van der Waals surface area contributed by atoms with E-state index in [2.05, 4.69) is 35.6 Å². The van der Waals surface area contributed by atoms with Crippen LogP contribution in [0.2, 0.25) is 0 Å². The summed E-state index contributed by atoms with van der Waals surface area (Å²) >= 11 is 1.67. The number of piperidine rings is 1. The van der Waals surface area contributed by atoms with Gasteiger partial charge in [0.1, 0.15) is 0 Å². The number of hydrogen-bond acceptors (Lipinski definition) is 5. The molecule has 2 saturated heterocycles. The second kappa shape index (κ2) is 4.72. The molecule has 0 radical (unpaired) electrons. The molecule has 2 aliphatic heterocycles. The first-order valence-electron chi connectivity index (χ1n) is 6.97. The second-order valence-electron chi connectivity index (χ2n) is 6.59. The maximum absolute atomic E-state index is 5.16. The number of piperazine rings is 1. The van der Waals surface area contributed by atoms with Crippen LogP contribution in [0.25, 0.3) is 0 Å². The standard InChI is InChI=1S/C14H23N3OS/c1-14(2,3)16-7-10-5-11(8-16)17(10)9-12-6-15-13(18-4)19-12/h6,10-11H,5,7-9H2,1-4H3. The van der Waals surface area contributed by atoms with E-state index >= 15 is 0 Å². The van der Waals surface area contributed by atoms with Crippen molar-refractivity contribution in [3.63, 3.8) is 0 Å². The van der Waals surface area contributed by atoms with Crippen molar-refractivity contribution in [3.8, 4) is 5.19 Å². The predicted molar refractivity (Wildman–Crippen MR) is 77.7 cm³/mol. The van der Waals surface area contributed by atoms with Crippen LogP contribution in [-0.2, 0) is 6.54 Å². The van der Waals surface area contributed by atoms with Gasteiger partial charge in [-0.25, -0.2) is 4.98 Å². The Morgan fingerprint density at radius 3 is 2.58 bits per heavy atom. The van der Waals surface area contributed by atoms with Crippen molar-refractivity contribution < 1.29 is 4.74 Å². The molecule has 2 bridgehead atoms. The highest BCUT2D eigenvalue weighted by Crippen LogP contribution is 2.37. The normalized spacial score (nSPS) is 28.2. The van der Waals surface area contributed by atoms with E-state index in [0.717, 1.165) is 23.8 Å². The summed E-state index contributed by atoms with van der Waals surface area (Å²) in [5, 5.41) is 0.775. The van der Waals surface area contributed by atoms with Gasteiger partial charge in [-0.3, -0.25) is 9.80 Å². The molecule has 5 heteroatoms. The average Bonchev–Trinajstić information content (AvgIpc) is 2.83. The van der Waals surface area contributed by atoms with E-state index in [4.69, 9.17) is 4.74 Å². The van der Waals surface area contributed by atoms with E-state index in [1.807, 2.05) is 6.20 Å². The summed E-state index contributed by atoms with van der Waals surface area (Å²) in [5.41, 5.74) is 0.302. The van der Waals surface area contributed by atoms with E-state index in [0.29, 0.717) is 5.54 Å². The molecule has 0 N–H and O–H groups in total. The third-order valence-corrected chi connectivity index (χ3v) is 5.28. The van der Waals surface area contributed by atoms with Crippen LogP contribution < -0.4 is 4.74 Å². The van der Waals surface area contributed by atoms with Crippen molar-refractivity contribution in [2.45, 2.75) is 51.4 Å². The molecule has 4 nitrogen and oxygen atoms in total. The molecule has 0 amide bonds. The minimum atomic E-state index is 0.302. The Morgan fingerprint density at radius 2 is 2.05 bits per heavy atom. The third-order valence-electron chi connectivity index (χ3n) is 4.34. The van der Waals surface area contributed by atoms with Crippen LogP contribution in [0.15, 0.2) is 6.20 Å². The average molecular weight is 281 g/mol. The zero-order chi connectivity index (χ0) is 13.6. The van der Waals surface area contributed by atoms with Crippen molar-refractivity contribution in [1.82, 2.24) is 14.8 Å². The van der Waals surface area contributed by atoms with Gasteiger partial charge in [0.15, 0.2) is 0 Å². The predicted octanol–water partition coefficient (Wildman–Crippen LogP) is 2.21. The summed E-state index contributed by atoms with van der Waals surface area (Å²) in [6.45, 7) is 10.4. The molecule has 3 rings (SSSR count). The molecule has 19 heavy (non-hydrogen) atoms. The van der Waals surface area contributed by atoms with Crippen LogP contribution >= 0.6 is 11.3 Å². The van der Waals surface area contributed by atoms with Gasteiger partial charge < -0.3 is 4.74 Å². The first-order chi connectivity index (χ1) is 8.97. The van der Waals surface area contributed by atoms with Crippen molar-refractivity contribution in [1.29, 1.82) is 0 Å². The molecule has 0 aliphatic carbocycles. The van der Waals surface area contributed by atoms with E-state index < -0.39 is 0 Å². The van der Waals surface area contributed by atoms with E-state index in [1.165, 1.54) is 24.4 Å². The summed E-state index contributed by atoms with van der Waals surface area (Å²) < 4.78 is 5.16. The lowest BCUT2D eigenvalue weighted by Crippen LogP contribution is -2.70. The van der Waals surface area contributed by atoms with Crippen LogP contribution in [0.5, 0.6) is 5.19 Å². The summed E-state index contributed by atoms with van der Waals surface area (Å²) in [4.78, 5) is 10.8. The van der Waals surface area contributed by atoms with Gasteiger partial charge in [0.05, 0.1) is 7.11 Å². The first-order valence-corrected chi connectivity index (χ1v) is 7.78. The molecule has 2 fully saturated rings.